The van der Waals surface area contributed by atoms with Crippen molar-refractivity contribution in [3.63, 3.8) is 0 Å². The van der Waals surface area contributed by atoms with E-state index in [4.69, 9.17) is 0 Å². The molecule has 2 aromatic rings. The highest BCUT2D eigenvalue weighted by atomic mass is 79.9. The van der Waals surface area contributed by atoms with Gasteiger partial charge in [-0.25, -0.2) is 8.42 Å². The Labute approximate surface area is 184 Å². The highest BCUT2D eigenvalue weighted by Gasteiger charge is 2.42. The third kappa shape index (κ3) is 5.10. The lowest BCUT2D eigenvalue weighted by Crippen LogP contribution is -2.42. The number of carbonyl (C=O) groups is 2. The molecule has 1 aliphatic heterocycles. The third-order valence-corrected chi connectivity index (χ3v) is 7.73. The van der Waals surface area contributed by atoms with Gasteiger partial charge in [0.25, 0.3) is 5.91 Å². The highest BCUT2D eigenvalue weighted by Crippen LogP contribution is 2.33. The first-order chi connectivity index (χ1) is 14.3. The van der Waals surface area contributed by atoms with E-state index in [2.05, 4.69) is 21.2 Å². The molecule has 158 valence electrons. The van der Waals surface area contributed by atoms with Gasteiger partial charge in [-0.05, 0) is 55.2 Å². The van der Waals surface area contributed by atoms with Crippen LogP contribution < -0.4 is 5.32 Å². The van der Waals surface area contributed by atoms with Crippen LogP contribution in [0.1, 0.15) is 35.2 Å². The van der Waals surface area contributed by atoms with E-state index in [-0.39, 0.29) is 41.8 Å². The SMILES string of the molecule is O=C(Cc1ccc(Br)cc1)Nc1cccc(C(=O)N(C2CC2)C2CCS(=O)(=O)C2)c1. The average molecular weight is 491 g/mol. The van der Waals surface area contributed by atoms with Gasteiger partial charge in [0.2, 0.25) is 5.91 Å². The maximum absolute atomic E-state index is 13.2. The van der Waals surface area contributed by atoms with Crippen LogP contribution in [-0.4, -0.2) is 48.7 Å². The van der Waals surface area contributed by atoms with Crippen LogP contribution >= 0.6 is 15.9 Å². The largest absolute Gasteiger partial charge is 0.332 e. The first kappa shape index (κ1) is 21.1. The van der Waals surface area contributed by atoms with E-state index >= 15 is 0 Å². The molecule has 2 aliphatic rings. The summed E-state index contributed by atoms with van der Waals surface area (Å²) in [6.07, 6.45) is 2.55. The number of carbonyl (C=O) groups excluding carboxylic acids is 2. The van der Waals surface area contributed by atoms with Gasteiger partial charge >= 0.3 is 0 Å². The Bertz CT molecular complexity index is 1060. The van der Waals surface area contributed by atoms with Gasteiger partial charge in [0.05, 0.1) is 17.9 Å². The van der Waals surface area contributed by atoms with Gasteiger partial charge < -0.3 is 10.2 Å². The Morgan fingerprint density at radius 3 is 2.40 bits per heavy atom. The molecule has 30 heavy (non-hydrogen) atoms. The van der Waals surface area contributed by atoms with Crippen molar-refractivity contribution >= 4 is 43.3 Å². The van der Waals surface area contributed by atoms with Crippen LogP contribution in [0.2, 0.25) is 0 Å². The van der Waals surface area contributed by atoms with Crippen molar-refractivity contribution in [3.05, 3.63) is 64.1 Å². The summed E-state index contributed by atoms with van der Waals surface area (Å²) in [7, 11) is -3.07. The number of hydrogen-bond donors (Lipinski definition) is 1. The molecule has 1 unspecified atom stereocenters. The number of halogens is 1. The zero-order valence-corrected chi connectivity index (χ0v) is 18.8. The second-order valence-corrected chi connectivity index (χ2v) is 11.1. The van der Waals surface area contributed by atoms with Crippen molar-refractivity contribution in [3.8, 4) is 0 Å². The van der Waals surface area contributed by atoms with Gasteiger partial charge in [-0.3, -0.25) is 9.59 Å². The molecule has 1 aliphatic carbocycles. The monoisotopic (exact) mass is 490 g/mol. The maximum atomic E-state index is 13.2. The first-order valence-corrected chi connectivity index (χ1v) is 12.6. The second-order valence-electron chi connectivity index (χ2n) is 7.93. The van der Waals surface area contributed by atoms with Gasteiger partial charge in [0.1, 0.15) is 0 Å². The molecule has 1 atom stereocenters. The van der Waals surface area contributed by atoms with Crippen molar-refractivity contribution in [1.82, 2.24) is 4.90 Å². The summed E-state index contributed by atoms with van der Waals surface area (Å²) in [4.78, 5) is 27.4. The quantitative estimate of drug-likeness (QED) is 0.672. The first-order valence-electron chi connectivity index (χ1n) is 9.98. The molecule has 0 spiro atoms. The third-order valence-electron chi connectivity index (χ3n) is 5.45. The van der Waals surface area contributed by atoms with Crippen LogP contribution in [0.25, 0.3) is 0 Å². The molecule has 1 saturated carbocycles. The molecule has 0 aromatic heterocycles. The molecule has 0 bridgehead atoms. The van der Waals surface area contributed by atoms with Gasteiger partial charge in [0.15, 0.2) is 9.84 Å². The van der Waals surface area contributed by atoms with E-state index in [0.29, 0.717) is 17.7 Å². The molecule has 4 rings (SSSR count). The van der Waals surface area contributed by atoms with Gasteiger partial charge in [-0.15, -0.1) is 0 Å². The molecule has 8 heteroatoms. The molecular weight excluding hydrogens is 468 g/mol. The van der Waals surface area contributed by atoms with Gasteiger partial charge in [-0.1, -0.05) is 34.1 Å². The number of rotatable bonds is 6. The predicted molar refractivity (Wildman–Crippen MR) is 119 cm³/mol. The zero-order chi connectivity index (χ0) is 21.3. The summed E-state index contributed by atoms with van der Waals surface area (Å²) < 4.78 is 24.8. The van der Waals surface area contributed by atoms with E-state index in [1.807, 2.05) is 24.3 Å². The lowest BCUT2D eigenvalue weighted by molar-refractivity contribution is -0.115. The Morgan fingerprint density at radius 1 is 1.03 bits per heavy atom. The maximum Gasteiger partial charge on any atom is 0.254 e. The minimum Gasteiger partial charge on any atom is -0.332 e. The normalized spacial score (nSPS) is 20.0. The van der Waals surface area contributed by atoms with E-state index < -0.39 is 9.84 Å². The Kier molecular flexibility index (Phi) is 5.97. The lowest BCUT2D eigenvalue weighted by atomic mass is 10.1. The minimum atomic E-state index is -3.07. The Morgan fingerprint density at radius 2 is 1.77 bits per heavy atom. The van der Waals surface area contributed by atoms with Crippen LogP contribution in [0, 0.1) is 0 Å². The summed E-state index contributed by atoms with van der Waals surface area (Å²) in [5, 5.41) is 2.85. The fraction of sp³-hybridized carbons (Fsp3) is 0.364. The summed E-state index contributed by atoms with van der Waals surface area (Å²) in [5.74, 6) is -0.148. The summed E-state index contributed by atoms with van der Waals surface area (Å²) >= 11 is 3.37. The van der Waals surface area contributed by atoms with Crippen molar-refractivity contribution in [1.29, 1.82) is 0 Å². The van der Waals surface area contributed by atoms with Crippen molar-refractivity contribution in [2.45, 2.75) is 37.8 Å². The van der Waals surface area contributed by atoms with E-state index in [1.54, 1.807) is 29.2 Å². The number of anilines is 1. The fourth-order valence-electron chi connectivity index (χ4n) is 3.85. The minimum absolute atomic E-state index is 0.0405. The zero-order valence-electron chi connectivity index (χ0n) is 16.4. The standard InChI is InChI=1S/C22H23BrN2O4S/c23-17-6-4-15(5-7-17)12-21(26)24-18-3-1-2-16(13-18)22(27)25(19-8-9-19)20-10-11-30(28,29)14-20/h1-7,13,19-20H,8-12,14H2,(H,24,26). The Hall–Kier alpha value is -2.19. The van der Waals surface area contributed by atoms with Crippen LogP contribution in [0.5, 0.6) is 0 Å². The smallest absolute Gasteiger partial charge is 0.254 e. The van der Waals surface area contributed by atoms with Crippen molar-refractivity contribution in [2.75, 3.05) is 16.8 Å². The summed E-state index contributed by atoms with van der Waals surface area (Å²) in [6, 6.07) is 14.3. The van der Waals surface area contributed by atoms with E-state index in [0.717, 1.165) is 22.9 Å². The topological polar surface area (TPSA) is 83.6 Å². The number of amides is 2. The predicted octanol–water partition coefficient (Wildman–Crippen LogP) is 3.42. The molecule has 2 aromatic carbocycles. The molecule has 1 saturated heterocycles. The number of benzene rings is 2. The molecule has 1 heterocycles. The van der Waals surface area contributed by atoms with Crippen LogP contribution in [0.15, 0.2) is 53.0 Å². The Balaban J connectivity index is 1.46. The summed E-state index contributed by atoms with van der Waals surface area (Å²) in [6.45, 7) is 0. The number of hydrogen-bond acceptors (Lipinski definition) is 4. The summed E-state index contributed by atoms with van der Waals surface area (Å²) in [5.41, 5.74) is 1.91. The molecular formula is C22H23BrN2O4S. The van der Waals surface area contributed by atoms with E-state index in [9.17, 15) is 18.0 Å². The number of sulfone groups is 1. The number of nitrogens with zero attached hydrogens (tertiary/aromatic N) is 1. The van der Waals surface area contributed by atoms with Crippen LogP contribution in [0.4, 0.5) is 5.69 Å². The van der Waals surface area contributed by atoms with Crippen LogP contribution in [-0.2, 0) is 21.1 Å². The second kappa shape index (κ2) is 8.51. The molecule has 0 radical (unpaired) electrons. The highest BCUT2D eigenvalue weighted by molar-refractivity contribution is 9.10. The number of nitrogens with one attached hydrogen (secondary N) is 1. The molecule has 6 nitrogen and oxygen atoms in total. The molecule has 1 N–H and O–H groups in total. The fourth-order valence-corrected chi connectivity index (χ4v) is 5.82. The van der Waals surface area contributed by atoms with Gasteiger partial charge in [-0.2, -0.15) is 0 Å². The van der Waals surface area contributed by atoms with E-state index in [1.165, 1.54) is 0 Å². The van der Waals surface area contributed by atoms with Crippen molar-refractivity contribution < 1.29 is 18.0 Å². The van der Waals surface area contributed by atoms with Gasteiger partial charge in [0, 0.05) is 27.8 Å². The molecule has 2 amide bonds. The molecule has 2 fully saturated rings. The van der Waals surface area contributed by atoms with Crippen LogP contribution in [0.3, 0.4) is 0 Å². The van der Waals surface area contributed by atoms with Crippen molar-refractivity contribution in [2.24, 2.45) is 0 Å². The average Bonchev–Trinajstić information content (AvgIpc) is 3.46. The lowest BCUT2D eigenvalue weighted by Gasteiger charge is -2.28.